The topological polar surface area (TPSA) is 24.9 Å². The van der Waals surface area contributed by atoms with E-state index in [4.69, 9.17) is 0 Å². The van der Waals surface area contributed by atoms with Gasteiger partial charge in [-0.25, -0.2) is 4.98 Å². The highest BCUT2D eigenvalue weighted by atomic mass is 32.1. The Morgan fingerprint density at radius 3 is 2.61 bits per heavy atom. The lowest BCUT2D eigenvalue weighted by Gasteiger charge is -2.17. The number of aryl methyl sites for hydroxylation is 2. The number of nitrogens with one attached hydrogen (secondary N) is 1. The van der Waals surface area contributed by atoms with E-state index in [1.807, 2.05) is 5.51 Å². The predicted octanol–water partition coefficient (Wildman–Crippen LogP) is 4.05. The average molecular weight is 268 g/mol. The standard InChI is InChI=1S/C15H28N2S/c1-5-6-14(10-16-9-12(2)3)7-8-15-13(4)17-11-18-15/h11-12,14,16H,5-10H2,1-4H3. The van der Waals surface area contributed by atoms with Crippen LogP contribution in [0.4, 0.5) is 0 Å². The monoisotopic (exact) mass is 268 g/mol. The molecule has 0 radical (unpaired) electrons. The number of nitrogens with zero attached hydrogens (tertiary/aromatic N) is 1. The second kappa shape index (κ2) is 8.65. The fourth-order valence-electron chi connectivity index (χ4n) is 2.23. The van der Waals surface area contributed by atoms with Gasteiger partial charge in [-0.3, -0.25) is 0 Å². The molecule has 18 heavy (non-hydrogen) atoms. The first kappa shape index (κ1) is 15.6. The first-order valence-electron chi connectivity index (χ1n) is 7.23. The molecule has 1 aromatic heterocycles. The Balaban J connectivity index is 2.31. The van der Waals surface area contributed by atoms with Crippen molar-refractivity contribution in [3.63, 3.8) is 0 Å². The fourth-order valence-corrected chi connectivity index (χ4v) is 3.03. The number of hydrogen-bond donors (Lipinski definition) is 1. The summed E-state index contributed by atoms with van der Waals surface area (Å²) in [6, 6.07) is 0. The third-order valence-corrected chi connectivity index (χ3v) is 4.30. The van der Waals surface area contributed by atoms with Crippen LogP contribution in [0.2, 0.25) is 0 Å². The normalized spacial score (nSPS) is 13.2. The molecule has 1 atom stereocenters. The third kappa shape index (κ3) is 5.96. The van der Waals surface area contributed by atoms with Gasteiger partial charge in [0.2, 0.25) is 0 Å². The van der Waals surface area contributed by atoms with Crippen LogP contribution in [0.3, 0.4) is 0 Å². The summed E-state index contributed by atoms with van der Waals surface area (Å²) < 4.78 is 0. The molecular formula is C15H28N2S. The minimum absolute atomic E-state index is 0.746. The van der Waals surface area contributed by atoms with Crippen LogP contribution in [0, 0.1) is 18.8 Å². The van der Waals surface area contributed by atoms with Crippen molar-refractivity contribution in [3.8, 4) is 0 Å². The molecule has 0 aliphatic heterocycles. The minimum Gasteiger partial charge on any atom is -0.316 e. The summed E-state index contributed by atoms with van der Waals surface area (Å²) in [5.74, 6) is 1.56. The number of aromatic nitrogens is 1. The van der Waals surface area contributed by atoms with E-state index in [1.54, 1.807) is 11.3 Å². The highest BCUT2D eigenvalue weighted by Gasteiger charge is 2.10. The summed E-state index contributed by atoms with van der Waals surface area (Å²) in [7, 11) is 0. The van der Waals surface area contributed by atoms with Crippen LogP contribution in [-0.2, 0) is 6.42 Å². The Hall–Kier alpha value is -0.410. The molecule has 3 heteroatoms. The molecular weight excluding hydrogens is 240 g/mol. The molecule has 2 nitrogen and oxygen atoms in total. The Labute approximate surface area is 116 Å². The second-order valence-electron chi connectivity index (χ2n) is 5.61. The molecule has 1 N–H and O–H groups in total. The van der Waals surface area contributed by atoms with Gasteiger partial charge in [0.15, 0.2) is 0 Å². The number of rotatable bonds is 9. The number of hydrogen-bond acceptors (Lipinski definition) is 3. The zero-order valence-electron chi connectivity index (χ0n) is 12.3. The molecule has 0 aliphatic rings. The highest BCUT2D eigenvalue weighted by molar-refractivity contribution is 7.09. The van der Waals surface area contributed by atoms with E-state index in [9.17, 15) is 0 Å². The Morgan fingerprint density at radius 1 is 1.28 bits per heavy atom. The summed E-state index contributed by atoms with van der Waals surface area (Å²) in [5.41, 5.74) is 3.20. The van der Waals surface area contributed by atoms with Crippen LogP contribution < -0.4 is 5.32 Å². The summed E-state index contributed by atoms with van der Waals surface area (Å²) in [4.78, 5) is 5.80. The second-order valence-corrected chi connectivity index (χ2v) is 6.55. The smallest absolute Gasteiger partial charge is 0.0797 e. The van der Waals surface area contributed by atoms with E-state index >= 15 is 0 Å². The van der Waals surface area contributed by atoms with Gasteiger partial charge in [-0.2, -0.15) is 0 Å². The Kier molecular flexibility index (Phi) is 7.52. The molecule has 0 bridgehead atoms. The largest absolute Gasteiger partial charge is 0.316 e. The lowest BCUT2D eigenvalue weighted by Crippen LogP contribution is -2.26. The van der Waals surface area contributed by atoms with Gasteiger partial charge in [0.05, 0.1) is 11.2 Å². The van der Waals surface area contributed by atoms with E-state index < -0.39 is 0 Å². The highest BCUT2D eigenvalue weighted by Crippen LogP contribution is 2.19. The van der Waals surface area contributed by atoms with Crippen LogP contribution in [0.25, 0.3) is 0 Å². The quantitative estimate of drug-likeness (QED) is 0.731. The molecule has 0 fully saturated rings. The van der Waals surface area contributed by atoms with E-state index in [1.165, 1.54) is 42.8 Å². The molecule has 1 aromatic rings. The molecule has 104 valence electrons. The first-order chi connectivity index (χ1) is 8.63. The summed E-state index contributed by atoms with van der Waals surface area (Å²) in [6.07, 6.45) is 5.12. The van der Waals surface area contributed by atoms with Crippen molar-refractivity contribution in [2.24, 2.45) is 11.8 Å². The van der Waals surface area contributed by atoms with Crippen LogP contribution in [0.5, 0.6) is 0 Å². The van der Waals surface area contributed by atoms with Crippen LogP contribution in [-0.4, -0.2) is 18.1 Å². The maximum atomic E-state index is 4.33. The summed E-state index contributed by atoms with van der Waals surface area (Å²) in [6.45, 7) is 11.2. The Bertz CT molecular complexity index is 320. The van der Waals surface area contributed by atoms with E-state index in [0.29, 0.717) is 0 Å². The molecule has 0 saturated carbocycles. The summed E-state index contributed by atoms with van der Waals surface area (Å²) >= 11 is 1.81. The van der Waals surface area contributed by atoms with Gasteiger partial charge in [-0.05, 0) is 51.1 Å². The lowest BCUT2D eigenvalue weighted by molar-refractivity contribution is 0.401. The fraction of sp³-hybridized carbons (Fsp3) is 0.800. The van der Waals surface area contributed by atoms with Gasteiger partial charge < -0.3 is 5.32 Å². The van der Waals surface area contributed by atoms with E-state index in [-0.39, 0.29) is 0 Å². The number of thiazole rings is 1. The maximum absolute atomic E-state index is 4.33. The zero-order valence-corrected chi connectivity index (χ0v) is 13.1. The molecule has 0 aromatic carbocycles. The zero-order chi connectivity index (χ0) is 13.4. The van der Waals surface area contributed by atoms with Crippen molar-refractivity contribution in [1.82, 2.24) is 10.3 Å². The molecule has 0 amide bonds. The molecule has 1 unspecified atom stereocenters. The Morgan fingerprint density at radius 2 is 2.06 bits per heavy atom. The van der Waals surface area contributed by atoms with Crippen molar-refractivity contribution in [2.45, 2.75) is 53.4 Å². The predicted molar refractivity (Wildman–Crippen MR) is 81.3 cm³/mol. The van der Waals surface area contributed by atoms with Crippen molar-refractivity contribution in [1.29, 1.82) is 0 Å². The van der Waals surface area contributed by atoms with Gasteiger partial charge in [0.25, 0.3) is 0 Å². The molecule has 0 aliphatic carbocycles. The van der Waals surface area contributed by atoms with E-state index in [2.05, 4.69) is 38.0 Å². The van der Waals surface area contributed by atoms with Gasteiger partial charge >= 0.3 is 0 Å². The van der Waals surface area contributed by atoms with Gasteiger partial charge in [-0.1, -0.05) is 27.2 Å². The third-order valence-electron chi connectivity index (χ3n) is 3.31. The molecule has 0 spiro atoms. The van der Waals surface area contributed by atoms with Crippen molar-refractivity contribution in [3.05, 3.63) is 16.1 Å². The van der Waals surface area contributed by atoms with Crippen LogP contribution in [0.15, 0.2) is 5.51 Å². The van der Waals surface area contributed by atoms with Gasteiger partial charge in [-0.15, -0.1) is 11.3 Å². The SMILES string of the molecule is CCCC(CCc1scnc1C)CNCC(C)C. The average Bonchev–Trinajstić information content (AvgIpc) is 2.71. The van der Waals surface area contributed by atoms with Crippen molar-refractivity contribution >= 4 is 11.3 Å². The van der Waals surface area contributed by atoms with Crippen molar-refractivity contribution in [2.75, 3.05) is 13.1 Å². The van der Waals surface area contributed by atoms with Crippen LogP contribution >= 0.6 is 11.3 Å². The molecule has 1 heterocycles. The molecule has 1 rings (SSSR count). The van der Waals surface area contributed by atoms with E-state index in [0.717, 1.165) is 18.4 Å². The van der Waals surface area contributed by atoms with Gasteiger partial charge in [0, 0.05) is 4.88 Å². The minimum atomic E-state index is 0.746. The first-order valence-corrected chi connectivity index (χ1v) is 8.11. The molecule has 0 saturated heterocycles. The van der Waals surface area contributed by atoms with Crippen LogP contribution in [0.1, 0.15) is 50.6 Å². The summed E-state index contributed by atoms with van der Waals surface area (Å²) in [5, 5.41) is 3.60. The lowest BCUT2D eigenvalue weighted by atomic mass is 9.97. The van der Waals surface area contributed by atoms with Gasteiger partial charge in [0.1, 0.15) is 0 Å². The van der Waals surface area contributed by atoms with Crippen molar-refractivity contribution < 1.29 is 0 Å². The maximum Gasteiger partial charge on any atom is 0.0797 e.